The molecule has 1 aromatic carbocycles. The average molecular weight is 424 g/mol. The van der Waals surface area contributed by atoms with Gasteiger partial charge in [-0.1, -0.05) is 32.0 Å². The van der Waals surface area contributed by atoms with Crippen molar-refractivity contribution in [3.63, 3.8) is 0 Å². The standard InChI is InChI=1S/C18H23N3O5S.C2H6/c1-12(20-27-14-6-3-2-4-7-14)18(26)21-9-5-8-15(21)17(25)19-13(11-22)10-16(23)24;1-2/h2-4,6-7,11-13,15,20H,5,8-10H2,1H3,(H,19,25)(H,23,24);1-2H3/t12?,13?,15-;/m0./s1. The molecule has 1 fully saturated rings. The lowest BCUT2D eigenvalue weighted by atomic mass is 10.1. The molecule has 29 heavy (non-hydrogen) atoms. The minimum atomic E-state index is -1.18. The van der Waals surface area contributed by atoms with Crippen LogP contribution in [-0.4, -0.2) is 58.7 Å². The fourth-order valence-corrected chi connectivity index (χ4v) is 3.55. The Bertz CT molecular complexity index is 686. The molecule has 0 aromatic heterocycles. The maximum atomic E-state index is 12.7. The molecule has 3 N–H and O–H groups in total. The highest BCUT2D eigenvalue weighted by molar-refractivity contribution is 7.97. The highest BCUT2D eigenvalue weighted by atomic mass is 32.2. The molecule has 2 amide bonds. The Morgan fingerprint density at radius 3 is 2.52 bits per heavy atom. The lowest BCUT2D eigenvalue weighted by molar-refractivity contribution is -0.141. The van der Waals surface area contributed by atoms with Gasteiger partial charge in [0.25, 0.3) is 0 Å². The van der Waals surface area contributed by atoms with E-state index in [1.165, 1.54) is 16.8 Å². The molecule has 2 rings (SSSR count). The molecule has 0 radical (unpaired) electrons. The Kier molecular flexibility index (Phi) is 11.0. The van der Waals surface area contributed by atoms with Crippen LogP contribution in [0.1, 0.15) is 40.0 Å². The number of carboxylic acid groups (broad SMARTS) is 1. The molecule has 1 aliphatic heterocycles. The van der Waals surface area contributed by atoms with Gasteiger partial charge in [-0.2, -0.15) is 0 Å². The van der Waals surface area contributed by atoms with Gasteiger partial charge in [-0.25, -0.2) is 4.72 Å². The summed E-state index contributed by atoms with van der Waals surface area (Å²) in [6.07, 6.45) is 1.07. The van der Waals surface area contributed by atoms with Crippen LogP contribution < -0.4 is 10.0 Å². The van der Waals surface area contributed by atoms with E-state index in [1.54, 1.807) is 6.92 Å². The molecule has 3 atom stereocenters. The van der Waals surface area contributed by atoms with Crippen molar-refractivity contribution in [3.8, 4) is 0 Å². The molecule has 1 aromatic rings. The first-order valence-corrected chi connectivity index (χ1v) is 10.5. The van der Waals surface area contributed by atoms with Gasteiger partial charge in [0.05, 0.1) is 18.5 Å². The zero-order valence-electron chi connectivity index (χ0n) is 17.0. The van der Waals surface area contributed by atoms with Crippen molar-refractivity contribution in [3.05, 3.63) is 30.3 Å². The van der Waals surface area contributed by atoms with Crippen molar-refractivity contribution in [2.24, 2.45) is 0 Å². The molecule has 1 aliphatic rings. The van der Waals surface area contributed by atoms with Gasteiger partial charge in [-0.3, -0.25) is 14.4 Å². The van der Waals surface area contributed by atoms with Gasteiger partial charge < -0.3 is 20.1 Å². The fourth-order valence-electron chi connectivity index (χ4n) is 2.85. The minimum absolute atomic E-state index is 0.211. The smallest absolute Gasteiger partial charge is 0.305 e. The molecule has 1 saturated heterocycles. The van der Waals surface area contributed by atoms with E-state index in [0.29, 0.717) is 25.7 Å². The number of benzene rings is 1. The molecule has 1 heterocycles. The number of carbonyl (C=O) groups excluding carboxylic acids is 3. The maximum absolute atomic E-state index is 12.7. The molecule has 0 aliphatic carbocycles. The number of hydrogen-bond acceptors (Lipinski definition) is 6. The van der Waals surface area contributed by atoms with Crippen LogP contribution >= 0.6 is 11.9 Å². The summed E-state index contributed by atoms with van der Waals surface area (Å²) < 4.78 is 3.07. The van der Waals surface area contributed by atoms with Crippen LogP contribution in [0.25, 0.3) is 0 Å². The van der Waals surface area contributed by atoms with Gasteiger partial charge in [0, 0.05) is 11.4 Å². The Balaban J connectivity index is 0.00000204. The summed E-state index contributed by atoms with van der Waals surface area (Å²) in [6.45, 7) is 6.17. The van der Waals surface area contributed by atoms with Crippen LogP contribution in [0.3, 0.4) is 0 Å². The summed E-state index contributed by atoms with van der Waals surface area (Å²) in [5.41, 5.74) is 0. The average Bonchev–Trinajstić information content (AvgIpc) is 3.22. The van der Waals surface area contributed by atoms with Crippen LogP contribution in [0, 0.1) is 0 Å². The topological polar surface area (TPSA) is 116 Å². The third-order valence-corrected chi connectivity index (χ3v) is 5.17. The second-order valence-electron chi connectivity index (χ2n) is 6.29. The number of likely N-dealkylation sites (tertiary alicyclic amines) is 1. The van der Waals surface area contributed by atoms with E-state index in [9.17, 15) is 19.2 Å². The number of aldehydes is 1. The van der Waals surface area contributed by atoms with Crippen molar-refractivity contribution in [1.29, 1.82) is 0 Å². The fraction of sp³-hybridized carbons (Fsp3) is 0.500. The van der Waals surface area contributed by atoms with E-state index in [4.69, 9.17) is 5.11 Å². The summed E-state index contributed by atoms with van der Waals surface area (Å²) in [6, 6.07) is 7.24. The first kappa shape index (κ1) is 24.6. The van der Waals surface area contributed by atoms with E-state index in [0.717, 1.165) is 4.90 Å². The van der Waals surface area contributed by atoms with Gasteiger partial charge >= 0.3 is 5.97 Å². The number of nitrogens with zero attached hydrogens (tertiary/aromatic N) is 1. The summed E-state index contributed by atoms with van der Waals surface area (Å²) in [5.74, 6) is -1.89. The molecular formula is C20H29N3O5S. The van der Waals surface area contributed by atoms with E-state index in [-0.39, 0.29) is 5.91 Å². The SMILES string of the molecule is CC.CC(NSc1ccccc1)C(=O)N1CCC[C@H]1C(=O)NC(C=O)CC(=O)O. The summed E-state index contributed by atoms with van der Waals surface area (Å²) >= 11 is 1.34. The summed E-state index contributed by atoms with van der Waals surface area (Å²) in [4.78, 5) is 49.3. The highest BCUT2D eigenvalue weighted by Crippen LogP contribution is 2.20. The summed E-state index contributed by atoms with van der Waals surface area (Å²) in [7, 11) is 0. The Morgan fingerprint density at radius 1 is 1.28 bits per heavy atom. The molecule has 0 saturated carbocycles. The van der Waals surface area contributed by atoms with Gasteiger partial charge in [0.15, 0.2) is 0 Å². The zero-order valence-corrected chi connectivity index (χ0v) is 17.8. The van der Waals surface area contributed by atoms with E-state index < -0.39 is 36.4 Å². The molecule has 160 valence electrons. The Labute approximate surface area is 175 Å². The number of amides is 2. The zero-order chi connectivity index (χ0) is 21.8. The third kappa shape index (κ3) is 7.86. The van der Waals surface area contributed by atoms with Crippen LogP contribution in [-0.2, 0) is 19.2 Å². The summed E-state index contributed by atoms with van der Waals surface area (Å²) in [5, 5.41) is 11.2. The van der Waals surface area contributed by atoms with Crippen molar-refractivity contribution < 1.29 is 24.3 Å². The number of rotatable bonds is 9. The number of hydrogen-bond donors (Lipinski definition) is 3. The number of nitrogens with one attached hydrogen (secondary N) is 2. The molecule has 9 heteroatoms. The monoisotopic (exact) mass is 423 g/mol. The normalized spacial score (nSPS) is 17.5. The van der Waals surface area contributed by atoms with E-state index >= 15 is 0 Å². The van der Waals surface area contributed by atoms with Crippen molar-refractivity contribution in [1.82, 2.24) is 14.9 Å². The predicted octanol–water partition coefficient (Wildman–Crippen LogP) is 1.85. The van der Waals surface area contributed by atoms with Crippen LogP contribution in [0.15, 0.2) is 35.2 Å². The van der Waals surface area contributed by atoms with Crippen LogP contribution in [0.4, 0.5) is 0 Å². The van der Waals surface area contributed by atoms with Gasteiger partial charge in [-0.15, -0.1) is 0 Å². The molecule has 0 spiro atoms. The second kappa shape index (κ2) is 12.9. The lowest BCUT2D eigenvalue weighted by Gasteiger charge is -2.27. The number of aliphatic carboxylic acids is 1. The van der Waals surface area contributed by atoms with Gasteiger partial charge in [-0.05, 0) is 43.8 Å². The van der Waals surface area contributed by atoms with E-state index in [2.05, 4.69) is 10.0 Å². The maximum Gasteiger partial charge on any atom is 0.305 e. The van der Waals surface area contributed by atoms with Crippen molar-refractivity contribution in [2.75, 3.05) is 6.54 Å². The Morgan fingerprint density at radius 2 is 1.93 bits per heavy atom. The first-order chi connectivity index (χ1) is 13.9. The van der Waals surface area contributed by atoms with Gasteiger partial charge in [0.2, 0.25) is 11.8 Å². The number of carboxylic acids is 1. The van der Waals surface area contributed by atoms with Gasteiger partial charge in [0.1, 0.15) is 12.3 Å². The predicted molar refractivity (Wildman–Crippen MR) is 111 cm³/mol. The minimum Gasteiger partial charge on any atom is -0.481 e. The highest BCUT2D eigenvalue weighted by Gasteiger charge is 2.36. The van der Waals surface area contributed by atoms with Crippen molar-refractivity contribution in [2.45, 2.75) is 63.1 Å². The molecular weight excluding hydrogens is 394 g/mol. The molecule has 8 nitrogen and oxygen atoms in total. The van der Waals surface area contributed by atoms with Crippen LogP contribution in [0.2, 0.25) is 0 Å². The van der Waals surface area contributed by atoms with Crippen molar-refractivity contribution >= 4 is 36.0 Å². The molecule has 0 bridgehead atoms. The first-order valence-electron chi connectivity index (χ1n) is 9.67. The second-order valence-corrected chi connectivity index (χ2v) is 7.20. The lowest BCUT2D eigenvalue weighted by Crippen LogP contribution is -2.52. The molecule has 2 unspecified atom stereocenters. The number of carbonyl (C=O) groups is 4. The largest absolute Gasteiger partial charge is 0.481 e. The van der Waals surface area contributed by atoms with E-state index in [1.807, 2.05) is 44.2 Å². The Hall–Kier alpha value is -2.39. The quantitative estimate of drug-likeness (QED) is 0.410. The van der Waals surface area contributed by atoms with Crippen LogP contribution in [0.5, 0.6) is 0 Å². The third-order valence-electron chi connectivity index (χ3n) is 4.19.